The Kier molecular flexibility index (Phi) is 4.68. The lowest BCUT2D eigenvalue weighted by Crippen LogP contribution is -2.47. The van der Waals surface area contributed by atoms with E-state index in [1.807, 2.05) is 0 Å². The van der Waals surface area contributed by atoms with E-state index in [4.69, 9.17) is 27.9 Å². The molecule has 2 amide bonds. The average Bonchev–Trinajstić information content (AvgIpc) is 2.48. The third kappa shape index (κ3) is 2.66. The van der Waals surface area contributed by atoms with Crippen LogP contribution in [0.15, 0.2) is 29.5 Å². The number of allylic oxidation sites excluding steroid dienone is 1. The van der Waals surface area contributed by atoms with Crippen molar-refractivity contribution >= 4 is 35.2 Å². The maximum absolute atomic E-state index is 12.4. The molecule has 22 heavy (non-hydrogen) atoms. The van der Waals surface area contributed by atoms with Gasteiger partial charge in [-0.1, -0.05) is 29.3 Å². The number of nitrogens with zero attached hydrogens (tertiary/aromatic N) is 2. The van der Waals surface area contributed by atoms with E-state index in [1.54, 1.807) is 39.2 Å². The van der Waals surface area contributed by atoms with Gasteiger partial charge in [0.15, 0.2) is 0 Å². The van der Waals surface area contributed by atoms with Gasteiger partial charge in [0.05, 0.1) is 18.7 Å². The predicted octanol–water partition coefficient (Wildman–Crippen LogP) is 3.48. The molecule has 1 aliphatic rings. The van der Waals surface area contributed by atoms with Gasteiger partial charge in [0.2, 0.25) is 0 Å². The number of carbonyl (C=O) groups excluding carboxylic acids is 2. The molecule has 0 unspecified atom stereocenters. The molecule has 1 aromatic carbocycles. The summed E-state index contributed by atoms with van der Waals surface area (Å²) in [7, 11) is 4.53. The molecule has 0 aliphatic carbocycles. The van der Waals surface area contributed by atoms with E-state index < -0.39 is 12.0 Å². The molecule has 0 fully saturated rings. The minimum Gasteiger partial charge on any atom is -0.466 e. The van der Waals surface area contributed by atoms with Crippen LogP contribution in [0.1, 0.15) is 18.5 Å². The van der Waals surface area contributed by atoms with Crippen molar-refractivity contribution in [3.05, 3.63) is 45.1 Å². The zero-order valence-corrected chi connectivity index (χ0v) is 14.2. The molecule has 1 aromatic rings. The Bertz CT molecular complexity index is 673. The van der Waals surface area contributed by atoms with Gasteiger partial charge in [-0.25, -0.2) is 9.59 Å². The van der Waals surface area contributed by atoms with E-state index in [0.29, 0.717) is 26.9 Å². The first kappa shape index (κ1) is 16.6. The van der Waals surface area contributed by atoms with Crippen LogP contribution < -0.4 is 0 Å². The summed E-state index contributed by atoms with van der Waals surface area (Å²) in [6.07, 6.45) is 0. The Morgan fingerprint density at radius 1 is 1.27 bits per heavy atom. The summed E-state index contributed by atoms with van der Waals surface area (Å²) in [5, 5.41) is 0.867. The van der Waals surface area contributed by atoms with Crippen molar-refractivity contribution in [3.63, 3.8) is 0 Å². The molecular formula is C15H16Cl2N2O3. The molecule has 0 aromatic heterocycles. The molecular weight excluding hydrogens is 327 g/mol. The summed E-state index contributed by atoms with van der Waals surface area (Å²) < 4.78 is 4.88. The highest BCUT2D eigenvalue weighted by Crippen LogP contribution is 2.39. The number of ether oxygens (including phenoxy) is 1. The van der Waals surface area contributed by atoms with Crippen molar-refractivity contribution in [2.45, 2.75) is 13.0 Å². The minimum atomic E-state index is -0.624. The first-order chi connectivity index (χ1) is 10.3. The number of esters is 1. The van der Waals surface area contributed by atoms with Gasteiger partial charge in [-0.05, 0) is 24.6 Å². The Labute approximate surface area is 139 Å². The molecule has 5 nitrogen and oxygen atoms in total. The zero-order chi connectivity index (χ0) is 16.6. The summed E-state index contributed by atoms with van der Waals surface area (Å²) in [5.74, 6) is -0.500. The molecule has 0 saturated carbocycles. The normalized spacial score (nSPS) is 18.8. The van der Waals surface area contributed by atoms with Crippen molar-refractivity contribution in [2.75, 3.05) is 21.2 Å². The van der Waals surface area contributed by atoms with Gasteiger partial charge >= 0.3 is 12.0 Å². The quantitative estimate of drug-likeness (QED) is 0.773. The summed E-state index contributed by atoms with van der Waals surface area (Å²) >= 11 is 12.2. The largest absolute Gasteiger partial charge is 0.466 e. The van der Waals surface area contributed by atoms with Crippen LogP contribution in [0, 0.1) is 0 Å². The molecule has 7 heteroatoms. The molecule has 0 saturated heterocycles. The van der Waals surface area contributed by atoms with Crippen LogP contribution >= 0.6 is 23.2 Å². The number of rotatable bonds is 2. The Hall–Kier alpha value is -1.72. The third-order valence-corrected chi connectivity index (χ3v) is 4.37. The van der Waals surface area contributed by atoms with E-state index in [1.165, 1.54) is 16.9 Å². The fourth-order valence-corrected chi connectivity index (χ4v) is 3.03. The topological polar surface area (TPSA) is 49.9 Å². The molecule has 1 aliphatic heterocycles. The fourth-order valence-electron chi connectivity index (χ4n) is 2.52. The average molecular weight is 343 g/mol. The lowest BCUT2D eigenvalue weighted by atomic mass is 9.93. The van der Waals surface area contributed by atoms with E-state index >= 15 is 0 Å². The molecule has 2 rings (SSSR count). The van der Waals surface area contributed by atoms with Crippen LogP contribution in [-0.2, 0) is 9.53 Å². The summed E-state index contributed by atoms with van der Waals surface area (Å²) in [6, 6.07) is 4.10. The lowest BCUT2D eigenvalue weighted by molar-refractivity contribution is -0.137. The number of hydrogen-bond donors (Lipinski definition) is 0. The van der Waals surface area contributed by atoms with Gasteiger partial charge < -0.3 is 14.5 Å². The van der Waals surface area contributed by atoms with Gasteiger partial charge in [-0.3, -0.25) is 0 Å². The molecule has 118 valence electrons. The highest BCUT2D eigenvalue weighted by atomic mass is 35.5. The molecule has 0 spiro atoms. The van der Waals surface area contributed by atoms with Gasteiger partial charge in [0, 0.05) is 29.8 Å². The van der Waals surface area contributed by atoms with E-state index in [2.05, 4.69) is 0 Å². The minimum absolute atomic E-state index is 0.235. The second-order valence-electron chi connectivity index (χ2n) is 5.01. The zero-order valence-electron chi connectivity index (χ0n) is 12.7. The van der Waals surface area contributed by atoms with E-state index in [9.17, 15) is 9.59 Å². The molecule has 1 atom stereocenters. The van der Waals surface area contributed by atoms with Crippen molar-refractivity contribution < 1.29 is 14.3 Å². The van der Waals surface area contributed by atoms with Crippen LogP contribution in [0.2, 0.25) is 10.0 Å². The van der Waals surface area contributed by atoms with Crippen LogP contribution in [0.25, 0.3) is 0 Å². The van der Waals surface area contributed by atoms with Crippen molar-refractivity contribution in [3.8, 4) is 0 Å². The van der Waals surface area contributed by atoms with E-state index in [-0.39, 0.29) is 6.03 Å². The van der Waals surface area contributed by atoms with Gasteiger partial charge in [0.25, 0.3) is 0 Å². The Balaban J connectivity index is 2.68. The van der Waals surface area contributed by atoms with Crippen molar-refractivity contribution in [1.29, 1.82) is 0 Å². The first-order valence-corrected chi connectivity index (χ1v) is 7.29. The maximum Gasteiger partial charge on any atom is 0.337 e. The molecule has 0 radical (unpaired) electrons. The summed E-state index contributed by atoms with van der Waals surface area (Å²) in [5.41, 5.74) is 1.53. The number of likely N-dealkylation sites (N-methyl/N-ethyl adjacent to an activating group) is 1. The molecule has 0 bridgehead atoms. The number of carbonyl (C=O) groups is 2. The van der Waals surface area contributed by atoms with Crippen molar-refractivity contribution in [2.24, 2.45) is 0 Å². The van der Waals surface area contributed by atoms with Crippen LogP contribution in [0.3, 0.4) is 0 Å². The van der Waals surface area contributed by atoms with Gasteiger partial charge in [-0.2, -0.15) is 0 Å². The monoisotopic (exact) mass is 342 g/mol. The fraction of sp³-hybridized carbons (Fsp3) is 0.333. The SMILES string of the molecule is COC(=O)C1=C(C)N(C)C(=O)N(C)[C@@H]1c1ccc(Cl)cc1Cl. The predicted molar refractivity (Wildman–Crippen MR) is 84.8 cm³/mol. The standard InChI is InChI=1S/C15H16Cl2N2O3/c1-8-12(14(20)22-4)13(19(3)15(21)18(8)2)10-6-5-9(16)7-11(10)17/h5-7,13H,1-4H3/t13-/m1/s1. The van der Waals surface area contributed by atoms with Crippen molar-refractivity contribution in [1.82, 2.24) is 9.80 Å². The number of methoxy groups -OCH3 is 1. The Morgan fingerprint density at radius 2 is 1.91 bits per heavy atom. The smallest absolute Gasteiger partial charge is 0.337 e. The number of benzene rings is 1. The van der Waals surface area contributed by atoms with Gasteiger partial charge in [-0.15, -0.1) is 0 Å². The number of hydrogen-bond acceptors (Lipinski definition) is 3. The number of halogens is 2. The number of amides is 2. The number of urea groups is 1. The molecule has 1 heterocycles. The van der Waals surface area contributed by atoms with E-state index in [0.717, 1.165) is 0 Å². The first-order valence-electron chi connectivity index (χ1n) is 6.54. The summed E-state index contributed by atoms with van der Waals surface area (Å²) in [4.78, 5) is 27.4. The van der Waals surface area contributed by atoms with Gasteiger partial charge in [0.1, 0.15) is 0 Å². The van der Waals surface area contributed by atoms with Crippen LogP contribution in [-0.4, -0.2) is 43.0 Å². The highest BCUT2D eigenvalue weighted by Gasteiger charge is 2.39. The second kappa shape index (κ2) is 6.18. The molecule has 0 N–H and O–H groups in total. The Morgan fingerprint density at radius 3 is 2.45 bits per heavy atom. The second-order valence-corrected chi connectivity index (χ2v) is 5.86. The maximum atomic E-state index is 12.4. The lowest BCUT2D eigenvalue weighted by Gasteiger charge is -2.39. The van der Waals surface area contributed by atoms with Crippen LogP contribution in [0.4, 0.5) is 4.79 Å². The summed E-state index contributed by atoms with van der Waals surface area (Å²) in [6.45, 7) is 1.70. The third-order valence-electron chi connectivity index (χ3n) is 3.80. The highest BCUT2D eigenvalue weighted by molar-refractivity contribution is 6.35. The van der Waals surface area contributed by atoms with Crippen LogP contribution in [0.5, 0.6) is 0 Å².